The van der Waals surface area contributed by atoms with Crippen LogP contribution in [0.1, 0.15) is 41.6 Å². The summed E-state index contributed by atoms with van der Waals surface area (Å²) in [7, 11) is 1.66. The molecule has 1 aromatic rings. The van der Waals surface area contributed by atoms with E-state index in [9.17, 15) is 9.59 Å². The van der Waals surface area contributed by atoms with Crippen LogP contribution < -0.4 is 10.6 Å². The molecule has 3 rings (SSSR count). The van der Waals surface area contributed by atoms with Crippen LogP contribution in [0, 0.1) is 5.92 Å². The van der Waals surface area contributed by atoms with Gasteiger partial charge in [-0.25, -0.2) is 0 Å². The Morgan fingerprint density at radius 3 is 2.73 bits per heavy atom. The average Bonchev–Trinajstić information content (AvgIpc) is 3.22. The van der Waals surface area contributed by atoms with Crippen molar-refractivity contribution in [3.8, 4) is 0 Å². The van der Waals surface area contributed by atoms with Crippen LogP contribution in [0.4, 0.5) is 0 Å². The second-order valence-corrected chi connectivity index (χ2v) is 7.28. The quantitative estimate of drug-likeness (QED) is 0.809. The third-order valence-corrected chi connectivity index (χ3v) is 5.26. The minimum Gasteiger partial charge on any atom is -0.380 e. The van der Waals surface area contributed by atoms with Gasteiger partial charge in [0.1, 0.15) is 0 Å². The predicted molar refractivity (Wildman–Crippen MR) is 99.8 cm³/mol. The number of likely N-dealkylation sites (tertiary alicyclic amines) is 1. The summed E-state index contributed by atoms with van der Waals surface area (Å²) < 4.78 is 5.11. The number of benzene rings is 1. The number of carbonyl (C=O) groups is 2. The molecule has 2 heterocycles. The summed E-state index contributed by atoms with van der Waals surface area (Å²) in [5.41, 5.74) is 1.77. The number of nitrogens with zero attached hydrogens (tertiary/aromatic N) is 1. The number of methoxy groups -OCH3 is 1. The molecule has 0 radical (unpaired) electrons. The van der Waals surface area contributed by atoms with Crippen molar-refractivity contribution in [1.29, 1.82) is 0 Å². The van der Waals surface area contributed by atoms with Gasteiger partial charge in [-0.3, -0.25) is 9.59 Å². The van der Waals surface area contributed by atoms with Gasteiger partial charge in [0.05, 0.1) is 12.6 Å². The highest BCUT2D eigenvalue weighted by molar-refractivity contribution is 5.94. The minimum absolute atomic E-state index is 0.0399. The maximum atomic E-state index is 12.8. The largest absolute Gasteiger partial charge is 0.380 e. The normalized spacial score (nSPS) is 23.0. The molecule has 2 unspecified atom stereocenters. The topological polar surface area (TPSA) is 70.7 Å². The van der Waals surface area contributed by atoms with Crippen LogP contribution in [0.15, 0.2) is 24.3 Å². The molecule has 2 aliphatic heterocycles. The van der Waals surface area contributed by atoms with Gasteiger partial charge in [-0.1, -0.05) is 12.1 Å². The zero-order valence-electron chi connectivity index (χ0n) is 15.5. The fraction of sp³-hybridized carbons (Fsp3) is 0.600. The summed E-state index contributed by atoms with van der Waals surface area (Å²) >= 11 is 0. The number of nitrogens with one attached hydrogen (secondary N) is 2. The first-order chi connectivity index (χ1) is 12.7. The summed E-state index contributed by atoms with van der Waals surface area (Å²) in [6, 6.07) is 7.57. The van der Waals surface area contributed by atoms with E-state index in [4.69, 9.17) is 4.74 Å². The molecule has 0 aromatic heterocycles. The van der Waals surface area contributed by atoms with Crippen molar-refractivity contribution in [2.75, 3.05) is 33.3 Å². The minimum atomic E-state index is -0.0399. The van der Waals surface area contributed by atoms with Crippen LogP contribution >= 0.6 is 0 Å². The molecular weight excluding hydrogens is 330 g/mol. The molecule has 0 saturated carbocycles. The first-order valence-electron chi connectivity index (χ1n) is 9.55. The van der Waals surface area contributed by atoms with E-state index >= 15 is 0 Å². The Labute approximate surface area is 155 Å². The molecule has 6 nitrogen and oxygen atoms in total. The monoisotopic (exact) mass is 359 g/mol. The van der Waals surface area contributed by atoms with E-state index in [1.807, 2.05) is 29.2 Å². The van der Waals surface area contributed by atoms with Crippen molar-refractivity contribution >= 4 is 11.8 Å². The summed E-state index contributed by atoms with van der Waals surface area (Å²) in [6.45, 7) is 3.61. The van der Waals surface area contributed by atoms with E-state index < -0.39 is 0 Å². The lowest BCUT2D eigenvalue weighted by Gasteiger charge is -2.33. The van der Waals surface area contributed by atoms with Gasteiger partial charge < -0.3 is 20.3 Å². The van der Waals surface area contributed by atoms with E-state index in [1.54, 1.807) is 7.11 Å². The molecule has 142 valence electrons. The lowest BCUT2D eigenvalue weighted by Crippen LogP contribution is -2.46. The van der Waals surface area contributed by atoms with E-state index in [0.29, 0.717) is 31.2 Å². The number of amides is 2. The molecule has 2 N–H and O–H groups in total. The van der Waals surface area contributed by atoms with E-state index in [1.165, 1.54) is 0 Å². The zero-order valence-corrected chi connectivity index (χ0v) is 15.5. The Kier molecular flexibility index (Phi) is 6.63. The average molecular weight is 359 g/mol. The molecule has 2 aliphatic rings. The van der Waals surface area contributed by atoms with Gasteiger partial charge in [-0.05, 0) is 55.8 Å². The maximum Gasteiger partial charge on any atom is 0.253 e. The van der Waals surface area contributed by atoms with Crippen LogP contribution in [0.3, 0.4) is 0 Å². The summed E-state index contributed by atoms with van der Waals surface area (Å²) in [4.78, 5) is 26.8. The van der Waals surface area contributed by atoms with Crippen LogP contribution in [-0.4, -0.2) is 56.0 Å². The SMILES string of the molecule is COCc1ccc(C(=O)N2CCCC(CNC(=O)C3CCCN3)C2)cc1. The maximum absolute atomic E-state index is 12.8. The Bertz CT molecular complexity index is 611. The molecule has 2 saturated heterocycles. The summed E-state index contributed by atoms with van der Waals surface area (Å²) in [5.74, 6) is 0.493. The number of hydrogen-bond donors (Lipinski definition) is 2. The fourth-order valence-corrected chi connectivity index (χ4v) is 3.79. The van der Waals surface area contributed by atoms with Gasteiger partial charge in [0.2, 0.25) is 5.91 Å². The lowest BCUT2D eigenvalue weighted by molar-refractivity contribution is -0.123. The lowest BCUT2D eigenvalue weighted by atomic mass is 9.97. The molecule has 1 aromatic carbocycles. The number of carbonyl (C=O) groups excluding carboxylic acids is 2. The molecule has 2 fully saturated rings. The van der Waals surface area contributed by atoms with Crippen LogP contribution in [0.2, 0.25) is 0 Å². The van der Waals surface area contributed by atoms with E-state index in [0.717, 1.165) is 44.3 Å². The van der Waals surface area contributed by atoms with Crippen LogP contribution in [-0.2, 0) is 16.1 Å². The Morgan fingerprint density at radius 2 is 2.04 bits per heavy atom. The number of piperidine rings is 1. The Morgan fingerprint density at radius 1 is 1.23 bits per heavy atom. The van der Waals surface area contributed by atoms with Gasteiger partial charge in [0, 0.05) is 32.3 Å². The fourth-order valence-electron chi connectivity index (χ4n) is 3.79. The predicted octanol–water partition coefficient (Wildman–Crippen LogP) is 1.55. The molecule has 26 heavy (non-hydrogen) atoms. The van der Waals surface area contributed by atoms with E-state index in [2.05, 4.69) is 10.6 Å². The van der Waals surface area contributed by atoms with Gasteiger partial charge in [-0.15, -0.1) is 0 Å². The Balaban J connectivity index is 1.50. The molecule has 0 aliphatic carbocycles. The van der Waals surface area contributed by atoms with Crippen molar-refractivity contribution in [2.24, 2.45) is 5.92 Å². The molecule has 2 amide bonds. The van der Waals surface area contributed by atoms with Crippen molar-refractivity contribution < 1.29 is 14.3 Å². The van der Waals surface area contributed by atoms with Crippen molar-refractivity contribution in [3.63, 3.8) is 0 Å². The van der Waals surface area contributed by atoms with Gasteiger partial charge in [0.25, 0.3) is 5.91 Å². The zero-order chi connectivity index (χ0) is 18.4. The molecule has 0 spiro atoms. The van der Waals surface area contributed by atoms with Gasteiger partial charge in [0.15, 0.2) is 0 Å². The number of rotatable bonds is 6. The van der Waals surface area contributed by atoms with Gasteiger partial charge >= 0.3 is 0 Å². The summed E-state index contributed by atoms with van der Waals surface area (Å²) in [6.07, 6.45) is 4.01. The van der Waals surface area contributed by atoms with Crippen molar-refractivity contribution in [1.82, 2.24) is 15.5 Å². The highest BCUT2D eigenvalue weighted by atomic mass is 16.5. The molecular formula is C20H29N3O3. The number of hydrogen-bond acceptors (Lipinski definition) is 4. The Hall–Kier alpha value is -1.92. The van der Waals surface area contributed by atoms with Crippen LogP contribution in [0.5, 0.6) is 0 Å². The third-order valence-electron chi connectivity index (χ3n) is 5.26. The van der Waals surface area contributed by atoms with E-state index in [-0.39, 0.29) is 17.9 Å². The first kappa shape index (κ1) is 18.9. The van der Waals surface area contributed by atoms with Crippen molar-refractivity contribution in [3.05, 3.63) is 35.4 Å². The first-order valence-corrected chi connectivity index (χ1v) is 9.55. The molecule has 6 heteroatoms. The highest BCUT2D eigenvalue weighted by Crippen LogP contribution is 2.19. The molecule has 2 atom stereocenters. The number of ether oxygens (including phenoxy) is 1. The third kappa shape index (κ3) is 4.83. The second-order valence-electron chi connectivity index (χ2n) is 7.28. The summed E-state index contributed by atoms with van der Waals surface area (Å²) in [5, 5.41) is 6.28. The highest BCUT2D eigenvalue weighted by Gasteiger charge is 2.26. The van der Waals surface area contributed by atoms with Crippen LogP contribution in [0.25, 0.3) is 0 Å². The van der Waals surface area contributed by atoms with Crippen molar-refractivity contribution in [2.45, 2.75) is 38.3 Å². The molecule has 0 bridgehead atoms. The second kappa shape index (κ2) is 9.14. The van der Waals surface area contributed by atoms with Gasteiger partial charge in [-0.2, -0.15) is 0 Å². The standard InChI is InChI=1S/C20H29N3O3/c1-26-14-15-6-8-17(9-7-15)20(25)23-11-3-4-16(13-23)12-22-19(24)18-5-2-10-21-18/h6-9,16,18,21H,2-5,10-14H2,1H3,(H,22,24). The smallest absolute Gasteiger partial charge is 0.253 e.